The lowest BCUT2D eigenvalue weighted by atomic mass is 9.80. The zero-order chi connectivity index (χ0) is 12.0. The highest BCUT2D eigenvalue weighted by Crippen LogP contribution is 2.40. The van der Waals surface area contributed by atoms with Gasteiger partial charge < -0.3 is 10.0 Å². The number of hydrogen-bond donors (Lipinski definition) is 1. The molecule has 2 unspecified atom stereocenters. The molecule has 1 aromatic heterocycles. The van der Waals surface area contributed by atoms with Crippen LogP contribution in [-0.2, 0) is 6.42 Å². The van der Waals surface area contributed by atoms with Crippen molar-refractivity contribution in [1.82, 2.24) is 9.88 Å². The molecule has 1 aromatic rings. The highest BCUT2D eigenvalue weighted by Gasteiger charge is 2.40. The van der Waals surface area contributed by atoms with E-state index in [1.54, 1.807) is 0 Å². The number of amides is 1. The van der Waals surface area contributed by atoms with Gasteiger partial charge in [0.25, 0.3) is 0 Å². The van der Waals surface area contributed by atoms with E-state index in [1.165, 1.54) is 10.5 Å². The molecule has 1 aliphatic carbocycles. The van der Waals surface area contributed by atoms with Crippen molar-refractivity contribution in [3.8, 4) is 0 Å². The second-order valence-electron chi connectivity index (χ2n) is 4.79. The van der Waals surface area contributed by atoms with Crippen LogP contribution in [0.1, 0.15) is 23.6 Å². The largest absolute Gasteiger partial charge is 0.465 e. The average Bonchev–Trinajstić information content (AvgIpc) is 2.72. The highest BCUT2D eigenvalue weighted by atomic mass is 79.9. The number of nitrogens with zero attached hydrogens (tertiary/aromatic N) is 2. The summed E-state index contributed by atoms with van der Waals surface area (Å²) in [6, 6.07) is 2.11. The van der Waals surface area contributed by atoms with Gasteiger partial charge in [0.05, 0.1) is 0 Å². The molecule has 1 saturated heterocycles. The quantitative estimate of drug-likeness (QED) is 0.800. The molecule has 5 heteroatoms. The number of aryl methyl sites for hydroxylation is 1. The lowest BCUT2D eigenvalue weighted by Gasteiger charge is -2.25. The van der Waals surface area contributed by atoms with Gasteiger partial charge in [-0.2, -0.15) is 0 Å². The number of carboxylic acid groups (broad SMARTS) is 1. The van der Waals surface area contributed by atoms with Gasteiger partial charge in [0.15, 0.2) is 0 Å². The Morgan fingerprint density at radius 2 is 2.35 bits per heavy atom. The third kappa shape index (κ3) is 1.82. The number of aromatic nitrogens is 1. The predicted molar refractivity (Wildman–Crippen MR) is 66.1 cm³/mol. The lowest BCUT2D eigenvalue weighted by Crippen LogP contribution is -2.26. The molecule has 2 atom stereocenters. The molecule has 3 rings (SSSR count). The summed E-state index contributed by atoms with van der Waals surface area (Å²) in [4.78, 5) is 17.0. The Bertz CT molecular complexity index is 478. The Kier molecular flexibility index (Phi) is 2.58. The highest BCUT2D eigenvalue weighted by molar-refractivity contribution is 9.10. The van der Waals surface area contributed by atoms with Crippen LogP contribution in [0.3, 0.4) is 0 Å². The summed E-state index contributed by atoms with van der Waals surface area (Å²) >= 11 is 3.43. The first-order valence-electron chi connectivity index (χ1n) is 5.77. The maximum atomic E-state index is 11.0. The van der Waals surface area contributed by atoms with Gasteiger partial charge in [-0.15, -0.1) is 0 Å². The van der Waals surface area contributed by atoms with Crippen molar-refractivity contribution in [2.45, 2.75) is 18.8 Å². The molecule has 2 aliphatic rings. The maximum absolute atomic E-state index is 11.0. The third-order valence-corrected chi connectivity index (χ3v) is 4.25. The Labute approximate surface area is 108 Å². The molecule has 17 heavy (non-hydrogen) atoms. The van der Waals surface area contributed by atoms with Crippen LogP contribution in [0.4, 0.5) is 4.79 Å². The number of fused-ring (bicyclic) bond motifs is 3. The maximum Gasteiger partial charge on any atom is 0.407 e. The molecule has 1 aliphatic heterocycles. The monoisotopic (exact) mass is 296 g/mol. The Balaban J connectivity index is 1.94. The van der Waals surface area contributed by atoms with Gasteiger partial charge in [-0.05, 0) is 46.3 Å². The van der Waals surface area contributed by atoms with Crippen LogP contribution in [0, 0.1) is 5.92 Å². The van der Waals surface area contributed by atoms with E-state index in [1.807, 2.05) is 6.20 Å². The van der Waals surface area contributed by atoms with Crippen LogP contribution in [0.5, 0.6) is 0 Å². The van der Waals surface area contributed by atoms with Crippen molar-refractivity contribution in [2.24, 2.45) is 5.92 Å². The number of carbonyl (C=O) groups is 1. The minimum absolute atomic E-state index is 0.294. The second-order valence-corrected chi connectivity index (χ2v) is 5.71. The molecular weight excluding hydrogens is 284 g/mol. The predicted octanol–water partition coefficient (Wildman–Crippen LogP) is 2.48. The summed E-state index contributed by atoms with van der Waals surface area (Å²) < 4.78 is 1.00. The zero-order valence-corrected chi connectivity index (χ0v) is 10.9. The van der Waals surface area contributed by atoms with E-state index >= 15 is 0 Å². The summed E-state index contributed by atoms with van der Waals surface area (Å²) in [5.74, 6) is 0.746. The fraction of sp³-hybridized carbons (Fsp3) is 0.500. The number of hydrogen-bond acceptors (Lipinski definition) is 2. The zero-order valence-electron chi connectivity index (χ0n) is 9.27. The molecule has 2 heterocycles. The van der Waals surface area contributed by atoms with Crippen molar-refractivity contribution in [1.29, 1.82) is 0 Å². The smallest absolute Gasteiger partial charge is 0.407 e. The van der Waals surface area contributed by atoms with Crippen LogP contribution in [-0.4, -0.2) is 34.2 Å². The Hall–Kier alpha value is -1.10. The van der Waals surface area contributed by atoms with E-state index in [9.17, 15) is 4.79 Å². The van der Waals surface area contributed by atoms with Crippen molar-refractivity contribution in [3.05, 3.63) is 28.0 Å². The minimum atomic E-state index is -0.807. The summed E-state index contributed by atoms with van der Waals surface area (Å²) in [6.45, 7) is 1.26. The standard InChI is InChI=1S/C12H13BrN2O2/c13-9-3-7-1-2-8-5-15(12(16)17)6-10(8)11(7)14-4-9/h3-4,8,10H,1-2,5-6H2,(H,16,17). The summed E-state index contributed by atoms with van der Waals surface area (Å²) in [5, 5.41) is 9.05. The molecule has 90 valence electrons. The lowest BCUT2D eigenvalue weighted by molar-refractivity contribution is 0.153. The number of pyridine rings is 1. The van der Waals surface area contributed by atoms with Crippen LogP contribution in [0.15, 0.2) is 16.7 Å². The average molecular weight is 297 g/mol. The molecule has 0 spiro atoms. The first-order chi connectivity index (χ1) is 8.15. The second kappa shape index (κ2) is 3.98. The fourth-order valence-electron chi connectivity index (χ4n) is 3.00. The van der Waals surface area contributed by atoms with Gasteiger partial charge >= 0.3 is 6.09 Å². The molecule has 0 aromatic carbocycles. The Morgan fingerprint density at radius 3 is 3.12 bits per heavy atom. The van der Waals surface area contributed by atoms with Gasteiger partial charge in [-0.25, -0.2) is 4.79 Å². The number of rotatable bonds is 0. The van der Waals surface area contributed by atoms with Crippen LogP contribution in [0.2, 0.25) is 0 Å². The normalized spacial score (nSPS) is 26.5. The molecule has 0 radical (unpaired) electrons. The van der Waals surface area contributed by atoms with E-state index < -0.39 is 6.09 Å². The van der Waals surface area contributed by atoms with Gasteiger partial charge in [0.2, 0.25) is 0 Å². The molecule has 4 nitrogen and oxygen atoms in total. The van der Waals surface area contributed by atoms with Crippen LogP contribution < -0.4 is 0 Å². The summed E-state index contributed by atoms with van der Waals surface area (Å²) in [7, 11) is 0. The van der Waals surface area contributed by atoms with Gasteiger partial charge in [-0.3, -0.25) is 4.98 Å². The van der Waals surface area contributed by atoms with E-state index in [2.05, 4.69) is 27.0 Å². The molecule has 1 amide bonds. The number of halogens is 1. The molecule has 1 N–H and O–H groups in total. The third-order valence-electron chi connectivity index (χ3n) is 3.82. The van der Waals surface area contributed by atoms with E-state index in [0.717, 1.165) is 23.0 Å². The van der Waals surface area contributed by atoms with Crippen LogP contribution in [0.25, 0.3) is 0 Å². The summed E-state index contributed by atoms with van der Waals surface area (Å²) in [6.07, 6.45) is 3.08. The van der Waals surface area contributed by atoms with E-state index in [0.29, 0.717) is 24.9 Å². The molecule has 0 bridgehead atoms. The van der Waals surface area contributed by atoms with Crippen molar-refractivity contribution in [3.63, 3.8) is 0 Å². The SMILES string of the molecule is O=C(O)N1CC2CCc3cc(Br)cnc3C2C1. The number of likely N-dealkylation sites (tertiary alicyclic amines) is 1. The molecular formula is C12H13BrN2O2. The van der Waals surface area contributed by atoms with E-state index in [4.69, 9.17) is 5.11 Å². The van der Waals surface area contributed by atoms with Crippen molar-refractivity contribution >= 4 is 22.0 Å². The first kappa shape index (κ1) is 11.0. The van der Waals surface area contributed by atoms with Crippen molar-refractivity contribution < 1.29 is 9.90 Å². The van der Waals surface area contributed by atoms with Crippen molar-refractivity contribution in [2.75, 3.05) is 13.1 Å². The topological polar surface area (TPSA) is 53.4 Å². The first-order valence-corrected chi connectivity index (χ1v) is 6.56. The fourth-order valence-corrected chi connectivity index (χ4v) is 3.38. The van der Waals surface area contributed by atoms with E-state index in [-0.39, 0.29) is 0 Å². The van der Waals surface area contributed by atoms with Gasteiger partial charge in [-0.1, -0.05) is 0 Å². The minimum Gasteiger partial charge on any atom is -0.465 e. The van der Waals surface area contributed by atoms with Gasteiger partial charge in [0.1, 0.15) is 0 Å². The molecule has 1 fully saturated rings. The van der Waals surface area contributed by atoms with Crippen LogP contribution >= 0.6 is 15.9 Å². The summed E-state index contributed by atoms with van der Waals surface area (Å²) in [5.41, 5.74) is 2.38. The Morgan fingerprint density at radius 1 is 1.53 bits per heavy atom. The van der Waals surface area contributed by atoms with Gasteiger partial charge in [0, 0.05) is 35.4 Å². The molecule has 0 saturated carbocycles.